The molecule has 0 spiro atoms. The summed E-state index contributed by atoms with van der Waals surface area (Å²) in [6.07, 6.45) is 2.28. The zero-order valence-corrected chi connectivity index (χ0v) is 22.3. The Labute approximate surface area is 233 Å². The Morgan fingerprint density at radius 1 is 0.872 bits per heavy atom. The normalized spacial score (nSPS) is 17.0. The van der Waals surface area contributed by atoms with Gasteiger partial charge in [-0.2, -0.15) is 0 Å². The quantitative estimate of drug-likeness (QED) is 0.311. The van der Waals surface area contributed by atoms with Crippen molar-refractivity contribution >= 4 is 17.5 Å². The Balaban J connectivity index is 1.33. The molecule has 39 heavy (non-hydrogen) atoms. The van der Waals surface area contributed by atoms with Crippen molar-refractivity contribution in [3.63, 3.8) is 0 Å². The summed E-state index contributed by atoms with van der Waals surface area (Å²) in [6, 6.07) is 28.7. The number of carbonyl (C=O) groups excluding carboxylic acids is 1. The lowest BCUT2D eigenvalue weighted by atomic mass is 9.88. The zero-order valence-electron chi connectivity index (χ0n) is 21.6. The van der Waals surface area contributed by atoms with Gasteiger partial charge in [0.1, 0.15) is 0 Å². The first-order valence-electron chi connectivity index (χ1n) is 13.4. The van der Waals surface area contributed by atoms with E-state index in [0.29, 0.717) is 17.1 Å². The number of halogens is 2. The van der Waals surface area contributed by atoms with Crippen LogP contribution in [0.2, 0.25) is 5.02 Å². The smallest absolute Gasteiger partial charge is 0.237 e. The van der Waals surface area contributed by atoms with E-state index in [1.165, 1.54) is 22.8 Å². The van der Waals surface area contributed by atoms with Gasteiger partial charge in [0.25, 0.3) is 0 Å². The lowest BCUT2D eigenvalue weighted by Crippen LogP contribution is -2.48. The van der Waals surface area contributed by atoms with Gasteiger partial charge in [-0.3, -0.25) is 9.69 Å². The van der Waals surface area contributed by atoms with Gasteiger partial charge in [-0.15, -0.1) is 0 Å². The fourth-order valence-corrected chi connectivity index (χ4v) is 6.40. The first-order chi connectivity index (χ1) is 19.0. The lowest BCUT2D eigenvalue weighted by molar-refractivity contribution is -0.136. The van der Waals surface area contributed by atoms with Crippen molar-refractivity contribution in [3.05, 3.63) is 135 Å². The van der Waals surface area contributed by atoms with Crippen LogP contribution in [0.25, 0.3) is 0 Å². The monoisotopic (exact) mass is 540 g/mol. The van der Waals surface area contributed by atoms with Crippen LogP contribution in [-0.2, 0) is 30.6 Å². The summed E-state index contributed by atoms with van der Waals surface area (Å²) in [6.45, 7) is 0.980. The molecule has 0 fully saturated rings. The van der Waals surface area contributed by atoms with Crippen molar-refractivity contribution in [2.75, 3.05) is 13.1 Å². The number of nitrogens with zero attached hydrogens (tertiary/aromatic N) is 2. The molecule has 4 aromatic carbocycles. The van der Waals surface area contributed by atoms with Crippen LogP contribution >= 0.6 is 11.6 Å². The number of hydrogen-bond donors (Lipinski definition) is 1. The van der Waals surface area contributed by atoms with Gasteiger partial charge in [-0.25, -0.2) is 4.39 Å². The average molecular weight is 541 g/mol. The third-order valence-electron chi connectivity index (χ3n) is 8.11. The van der Waals surface area contributed by atoms with E-state index in [9.17, 15) is 14.3 Å². The topological polar surface area (TPSA) is 43.8 Å². The highest BCUT2D eigenvalue weighted by Gasteiger charge is 2.35. The summed E-state index contributed by atoms with van der Waals surface area (Å²) in [5.74, 6) is -1.14. The van der Waals surface area contributed by atoms with Crippen molar-refractivity contribution in [3.8, 4) is 5.75 Å². The van der Waals surface area contributed by atoms with E-state index in [4.69, 9.17) is 11.6 Å². The molecule has 0 saturated heterocycles. The van der Waals surface area contributed by atoms with Gasteiger partial charge < -0.3 is 10.0 Å². The number of fused-ring (bicyclic) bond motifs is 2. The number of hydrogen-bond acceptors (Lipinski definition) is 3. The van der Waals surface area contributed by atoms with Crippen LogP contribution in [-0.4, -0.2) is 39.9 Å². The van der Waals surface area contributed by atoms with Crippen molar-refractivity contribution in [1.29, 1.82) is 0 Å². The number of aromatic hydroxyl groups is 1. The number of phenolic OH excluding ortho intramolecular Hbond substituents is 1. The molecule has 1 atom stereocenters. The molecule has 0 bridgehead atoms. The van der Waals surface area contributed by atoms with Crippen LogP contribution in [0.15, 0.2) is 91.0 Å². The maximum atomic E-state index is 14.9. The van der Waals surface area contributed by atoms with E-state index >= 15 is 0 Å². The van der Waals surface area contributed by atoms with Gasteiger partial charge in [-0.1, -0.05) is 90.5 Å². The molecule has 1 unspecified atom stereocenters. The van der Waals surface area contributed by atoms with Crippen LogP contribution in [0, 0.1) is 5.82 Å². The minimum absolute atomic E-state index is 0.0630. The summed E-state index contributed by atoms with van der Waals surface area (Å²) in [5.41, 5.74) is 6.14. The Morgan fingerprint density at radius 2 is 1.51 bits per heavy atom. The van der Waals surface area contributed by atoms with E-state index in [1.807, 2.05) is 53.4 Å². The fraction of sp³-hybridized carbons (Fsp3) is 0.242. The second-order valence-corrected chi connectivity index (χ2v) is 10.9. The second kappa shape index (κ2) is 10.8. The molecule has 6 heteroatoms. The molecule has 198 valence electrons. The predicted octanol–water partition coefficient (Wildman–Crippen LogP) is 6.33. The largest absolute Gasteiger partial charge is 0.505 e. The Bertz CT molecular complexity index is 1500. The fourth-order valence-electron chi connectivity index (χ4n) is 6.16. The number of benzene rings is 4. The molecular weight excluding hydrogens is 511 g/mol. The SMILES string of the molecule is O=C(CN1CCc2ccccc2C1c1ccccc1Cl)N(Cc1cccc(O)c1F)C1Cc2ccccc2C1. The van der Waals surface area contributed by atoms with E-state index in [1.54, 1.807) is 12.1 Å². The molecule has 0 aromatic heterocycles. The van der Waals surface area contributed by atoms with Gasteiger partial charge >= 0.3 is 0 Å². The molecule has 6 rings (SSSR count). The number of rotatable bonds is 6. The molecule has 1 amide bonds. The Kier molecular flexibility index (Phi) is 7.11. The Hall–Kier alpha value is -3.67. The molecular formula is C33H30ClFN2O2. The molecule has 1 N–H and O–H groups in total. The highest BCUT2D eigenvalue weighted by atomic mass is 35.5. The number of amides is 1. The van der Waals surface area contributed by atoms with Gasteiger partial charge in [0.15, 0.2) is 11.6 Å². The maximum Gasteiger partial charge on any atom is 0.237 e. The molecule has 4 aromatic rings. The Morgan fingerprint density at radius 3 is 2.23 bits per heavy atom. The van der Waals surface area contributed by atoms with Gasteiger partial charge in [-0.05, 0) is 59.2 Å². The van der Waals surface area contributed by atoms with Crippen LogP contribution in [0.4, 0.5) is 4.39 Å². The molecule has 0 radical (unpaired) electrons. The zero-order chi connectivity index (χ0) is 26.9. The molecule has 2 aliphatic rings. The first-order valence-corrected chi connectivity index (χ1v) is 13.8. The summed E-state index contributed by atoms with van der Waals surface area (Å²) in [5, 5.41) is 10.7. The summed E-state index contributed by atoms with van der Waals surface area (Å²) >= 11 is 6.70. The minimum Gasteiger partial charge on any atom is -0.505 e. The highest BCUT2D eigenvalue weighted by Crippen LogP contribution is 2.38. The van der Waals surface area contributed by atoms with Crippen molar-refractivity contribution in [2.45, 2.75) is 37.9 Å². The van der Waals surface area contributed by atoms with Gasteiger partial charge in [0, 0.05) is 29.7 Å². The molecule has 0 saturated carbocycles. The van der Waals surface area contributed by atoms with Crippen LogP contribution in [0.5, 0.6) is 5.75 Å². The summed E-state index contributed by atoms with van der Waals surface area (Å²) < 4.78 is 14.9. The predicted molar refractivity (Wildman–Crippen MR) is 151 cm³/mol. The van der Waals surface area contributed by atoms with Crippen molar-refractivity contribution < 1.29 is 14.3 Å². The maximum absolute atomic E-state index is 14.9. The lowest BCUT2D eigenvalue weighted by Gasteiger charge is -2.39. The van der Waals surface area contributed by atoms with Crippen LogP contribution in [0.3, 0.4) is 0 Å². The van der Waals surface area contributed by atoms with Crippen molar-refractivity contribution in [1.82, 2.24) is 9.80 Å². The van der Waals surface area contributed by atoms with Crippen LogP contribution < -0.4 is 0 Å². The number of carbonyl (C=O) groups is 1. The van der Waals surface area contributed by atoms with E-state index in [2.05, 4.69) is 29.2 Å². The van der Waals surface area contributed by atoms with Gasteiger partial charge in [0.2, 0.25) is 5.91 Å². The third kappa shape index (κ3) is 5.05. The van der Waals surface area contributed by atoms with E-state index in [-0.39, 0.29) is 31.1 Å². The van der Waals surface area contributed by atoms with Crippen LogP contribution in [0.1, 0.15) is 39.4 Å². The third-order valence-corrected chi connectivity index (χ3v) is 8.46. The molecule has 1 aliphatic heterocycles. The number of phenols is 1. The summed E-state index contributed by atoms with van der Waals surface area (Å²) in [7, 11) is 0. The molecule has 1 heterocycles. The standard InChI is InChI=1S/C33H30ClFN2O2/c34-29-14-6-5-13-28(29)33-27-12-4-3-8-22(27)16-17-36(33)21-31(39)37(20-25-11-7-15-30(38)32(25)35)26-18-23-9-1-2-10-24(23)19-26/h1-15,26,33,38H,16-21H2. The van der Waals surface area contributed by atoms with Crippen molar-refractivity contribution in [2.24, 2.45) is 0 Å². The molecule has 4 nitrogen and oxygen atoms in total. The molecule has 1 aliphatic carbocycles. The highest BCUT2D eigenvalue weighted by molar-refractivity contribution is 6.31. The summed E-state index contributed by atoms with van der Waals surface area (Å²) in [4.78, 5) is 18.2. The first kappa shape index (κ1) is 25.6. The van der Waals surface area contributed by atoms with Gasteiger partial charge in [0.05, 0.1) is 12.6 Å². The second-order valence-electron chi connectivity index (χ2n) is 10.4. The minimum atomic E-state index is -0.674. The van der Waals surface area contributed by atoms with E-state index < -0.39 is 11.6 Å². The average Bonchev–Trinajstić information content (AvgIpc) is 3.38. The van der Waals surface area contributed by atoms with E-state index in [0.717, 1.165) is 30.4 Å².